The number of rotatable bonds is 4. The summed E-state index contributed by atoms with van der Waals surface area (Å²) in [5, 5.41) is 9.34. The monoisotopic (exact) mass is 306 g/mol. The van der Waals surface area contributed by atoms with E-state index in [0.29, 0.717) is 29.0 Å². The molecular formula is C18H14N2O3. The molecule has 0 saturated heterocycles. The minimum Gasteiger partial charge on any atom is -0.493 e. The van der Waals surface area contributed by atoms with Crippen LogP contribution in [0.15, 0.2) is 53.5 Å². The van der Waals surface area contributed by atoms with Crippen molar-refractivity contribution in [2.24, 2.45) is 0 Å². The van der Waals surface area contributed by atoms with Crippen molar-refractivity contribution in [2.75, 3.05) is 7.11 Å². The van der Waals surface area contributed by atoms with E-state index in [0.717, 1.165) is 5.56 Å². The van der Waals surface area contributed by atoms with E-state index in [-0.39, 0.29) is 11.0 Å². The van der Waals surface area contributed by atoms with Gasteiger partial charge in [0.05, 0.1) is 18.0 Å². The molecule has 0 bridgehead atoms. The summed E-state index contributed by atoms with van der Waals surface area (Å²) in [6, 6.07) is 14.9. The van der Waals surface area contributed by atoms with Crippen molar-refractivity contribution in [3.8, 4) is 17.6 Å². The van der Waals surface area contributed by atoms with Crippen molar-refractivity contribution in [2.45, 2.75) is 6.61 Å². The van der Waals surface area contributed by atoms with Crippen LogP contribution in [0, 0.1) is 11.3 Å². The first kappa shape index (κ1) is 14.7. The van der Waals surface area contributed by atoms with Crippen molar-refractivity contribution >= 4 is 10.9 Å². The lowest BCUT2D eigenvalue weighted by Gasteiger charge is -2.12. The predicted molar refractivity (Wildman–Crippen MR) is 86.6 cm³/mol. The van der Waals surface area contributed by atoms with Crippen LogP contribution in [0.1, 0.15) is 11.1 Å². The molecular weight excluding hydrogens is 292 g/mol. The molecule has 1 N–H and O–H groups in total. The minimum absolute atomic E-state index is 0.0671. The zero-order valence-electron chi connectivity index (χ0n) is 12.5. The van der Waals surface area contributed by atoms with Crippen LogP contribution in [0.3, 0.4) is 0 Å². The van der Waals surface area contributed by atoms with E-state index in [1.54, 1.807) is 12.1 Å². The van der Waals surface area contributed by atoms with Crippen molar-refractivity contribution < 1.29 is 9.47 Å². The molecule has 0 aliphatic heterocycles. The first-order valence-electron chi connectivity index (χ1n) is 7.03. The van der Waals surface area contributed by atoms with Crippen molar-refractivity contribution in [1.29, 1.82) is 5.26 Å². The smallest absolute Gasteiger partial charge is 0.207 e. The van der Waals surface area contributed by atoms with Crippen LogP contribution >= 0.6 is 0 Å². The van der Waals surface area contributed by atoms with Gasteiger partial charge in [0.15, 0.2) is 11.5 Å². The molecule has 0 spiro atoms. The molecule has 3 rings (SSSR count). The number of aromatic amines is 1. The van der Waals surface area contributed by atoms with Crippen molar-refractivity contribution in [1.82, 2.24) is 4.98 Å². The number of pyridine rings is 1. The first-order chi connectivity index (χ1) is 11.2. The van der Waals surface area contributed by atoms with Crippen LogP contribution < -0.4 is 14.9 Å². The molecule has 23 heavy (non-hydrogen) atoms. The average Bonchev–Trinajstić information content (AvgIpc) is 2.60. The fourth-order valence-corrected chi connectivity index (χ4v) is 2.32. The number of fused-ring (bicyclic) bond motifs is 1. The Morgan fingerprint density at radius 2 is 1.96 bits per heavy atom. The van der Waals surface area contributed by atoms with E-state index in [4.69, 9.17) is 14.7 Å². The van der Waals surface area contributed by atoms with Crippen LogP contribution in [0.5, 0.6) is 11.5 Å². The second-order valence-electron chi connectivity index (χ2n) is 4.97. The number of ether oxygens (including phenoxy) is 2. The van der Waals surface area contributed by atoms with E-state index < -0.39 is 0 Å². The lowest BCUT2D eigenvalue weighted by atomic mass is 10.1. The Kier molecular flexibility index (Phi) is 3.98. The molecule has 0 aliphatic rings. The van der Waals surface area contributed by atoms with Gasteiger partial charge in [0.25, 0.3) is 0 Å². The quantitative estimate of drug-likeness (QED) is 0.804. The van der Waals surface area contributed by atoms with Gasteiger partial charge in [-0.2, -0.15) is 5.26 Å². The van der Waals surface area contributed by atoms with Gasteiger partial charge in [0.2, 0.25) is 5.43 Å². The summed E-state index contributed by atoms with van der Waals surface area (Å²) in [7, 11) is 1.51. The number of benzene rings is 2. The second-order valence-corrected chi connectivity index (χ2v) is 4.97. The van der Waals surface area contributed by atoms with E-state index in [2.05, 4.69) is 4.98 Å². The third kappa shape index (κ3) is 2.87. The van der Waals surface area contributed by atoms with Gasteiger partial charge in [-0.05, 0) is 11.6 Å². The average molecular weight is 306 g/mol. The number of hydrogen-bond donors (Lipinski definition) is 1. The molecule has 5 nitrogen and oxygen atoms in total. The lowest BCUT2D eigenvalue weighted by Crippen LogP contribution is -2.08. The second kappa shape index (κ2) is 6.24. The summed E-state index contributed by atoms with van der Waals surface area (Å²) in [5.74, 6) is 0.984. The van der Waals surface area contributed by atoms with Crippen LogP contribution in [0.4, 0.5) is 0 Å². The molecule has 2 aromatic carbocycles. The third-order valence-corrected chi connectivity index (χ3v) is 3.52. The van der Waals surface area contributed by atoms with Gasteiger partial charge in [-0.3, -0.25) is 4.79 Å². The Balaban J connectivity index is 2.00. The van der Waals surface area contributed by atoms with Gasteiger partial charge < -0.3 is 14.5 Å². The predicted octanol–water partition coefficient (Wildman–Crippen LogP) is 2.99. The zero-order valence-corrected chi connectivity index (χ0v) is 12.5. The molecule has 0 amide bonds. The number of aromatic nitrogens is 1. The van der Waals surface area contributed by atoms with E-state index in [9.17, 15) is 4.79 Å². The van der Waals surface area contributed by atoms with Crippen LogP contribution in [-0.4, -0.2) is 12.1 Å². The fraction of sp³-hybridized carbons (Fsp3) is 0.111. The SMILES string of the molecule is COc1cc2c(=O)c(C#N)c[nH]c2cc1OCc1ccccc1. The molecule has 0 radical (unpaired) electrons. The molecule has 0 fully saturated rings. The third-order valence-electron chi connectivity index (χ3n) is 3.52. The van der Waals surface area contributed by atoms with E-state index >= 15 is 0 Å². The van der Waals surface area contributed by atoms with Gasteiger partial charge in [0.1, 0.15) is 18.2 Å². The highest BCUT2D eigenvalue weighted by Gasteiger charge is 2.11. The van der Waals surface area contributed by atoms with Gasteiger partial charge in [-0.25, -0.2) is 0 Å². The largest absolute Gasteiger partial charge is 0.493 e. The standard InChI is InChI=1S/C18H14N2O3/c1-22-16-7-14-15(20-10-13(9-19)18(14)21)8-17(16)23-11-12-5-3-2-4-6-12/h2-8,10H,11H2,1H3,(H,20,21). The minimum atomic E-state index is -0.325. The number of nitrogens with one attached hydrogen (secondary N) is 1. The Labute approximate surface area is 132 Å². The zero-order chi connectivity index (χ0) is 16.2. The highest BCUT2D eigenvalue weighted by Crippen LogP contribution is 2.31. The molecule has 0 saturated carbocycles. The number of methoxy groups -OCH3 is 1. The number of nitrogens with zero attached hydrogens (tertiary/aromatic N) is 1. The maximum absolute atomic E-state index is 12.2. The number of H-pyrrole nitrogens is 1. The number of nitriles is 1. The first-order valence-corrected chi connectivity index (χ1v) is 7.03. The molecule has 0 unspecified atom stereocenters. The summed E-state index contributed by atoms with van der Waals surface area (Å²) in [6.45, 7) is 0.392. The van der Waals surface area contributed by atoms with Crippen LogP contribution in [-0.2, 0) is 6.61 Å². The topological polar surface area (TPSA) is 75.1 Å². The maximum atomic E-state index is 12.2. The highest BCUT2D eigenvalue weighted by atomic mass is 16.5. The summed E-state index contributed by atoms with van der Waals surface area (Å²) in [4.78, 5) is 15.1. The Morgan fingerprint density at radius 1 is 1.17 bits per heavy atom. The molecule has 1 aromatic heterocycles. The number of hydrogen-bond acceptors (Lipinski definition) is 4. The van der Waals surface area contributed by atoms with Crippen molar-refractivity contribution in [3.05, 3.63) is 70.0 Å². The van der Waals surface area contributed by atoms with Crippen LogP contribution in [0.2, 0.25) is 0 Å². The Bertz CT molecular complexity index is 940. The molecule has 114 valence electrons. The normalized spacial score (nSPS) is 10.3. The highest BCUT2D eigenvalue weighted by molar-refractivity contribution is 5.83. The van der Waals surface area contributed by atoms with E-state index in [1.165, 1.54) is 13.3 Å². The summed E-state index contributed by atoms with van der Waals surface area (Å²) in [5.41, 5.74) is 1.37. The molecule has 1 heterocycles. The fourth-order valence-electron chi connectivity index (χ4n) is 2.32. The summed E-state index contributed by atoms with van der Waals surface area (Å²) < 4.78 is 11.1. The van der Waals surface area contributed by atoms with Gasteiger partial charge >= 0.3 is 0 Å². The van der Waals surface area contributed by atoms with Crippen LogP contribution in [0.25, 0.3) is 10.9 Å². The molecule has 0 aliphatic carbocycles. The Morgan fingerprint density at radius 3 is 2.65 bits per heavy atom. The molecule has 5 heteroatoms. The molecule has 0 atom stereocenters. The Hall–Kier alpha value is -3.26. The van der Waals surface area contributed by atoms with Gasteiger partial charge in [-0.15, -0.1) is 0 Å². The summed E-state index contributed by atoms with van der Waals surface area (Å²) in [6.07, 6.45) is 1.40. The van der Waals surface area contributed by atoms with E-state index in [1.807, 2.05) is 36.4 Å². The lowest BCUT2D eigenvalue weighted by molar-refractivity contribution is 0.285. The van der Waals surface area contributed by atoms with Crippen molar-refractivity contribution in [3.63, 3.8) is 0 Å². The van der Waals surface area contributed by atoms with Gasteiger partial charge in [0, 0.05) is 12.3 Å². The summed E-state index contributed by atoms with van der Waals surface area (Å²) >= 11 is 0. The molecule has 3 aromatic rings. The maximum Gasteiger partial charge on any atom is 0.207 e. The van der Waals surface area contributed by atoms with Gasteiger partial charge in [-0.1, -0.05) is 30.3 Å².